The van der Waals surface area contributed by atoms with E-state index in [-0.39, 0.29) is 6.04 Å². The van der Waals surface area contributed by atoms with Crippen LogP contribution < -0.4 is 5.32 Å². The topological polar surface area (TPSA) is 24.9 Å². The van der Waals surface area contributed by atoms with E-state index in [2.05, 4.69) is 62.3 Å². The molecule has 0 saturated heterocycles. The van der Waals surface area contributed by atoms with E-state index in [0.717, 1.165) is 23.7 Å². The Kier molecular flexibility index (Phi) is 4.72. The summed E-state index contributed by atoms with van der Waals surface area (Å²) in [6.07, 6.45) is 1.14. The average Bonchev–Trinajstić information content (AvgIpc) is 2.71. The summed E-state index contributed by atoms with van der Waals surface area (Å²) in [5, 5.41) is 4.81. The van der Waals surface area contributed by atoms with Crippen LogP contribution in [0.4, 0.5) is 0 Å². The van der Waals surface area contributed by atoms with Crippen molar-refractivity contribution < 1.29 is 0 Å². The predicted molar refractivity (Wildman–Crippen MR) is 82.9 cm³/mol. The van der Waals surface area contributed by atoms with Crippen molar-refractivity contribution >= 4 is 11.3 Å². The van der Waals surface area contributed by atoms with Crippen LogP contribution in [0.2, 0.25) is 0 Å². The summed E-state index contributed by atoms with van der Waals surface area (Å²) in [5.74, 6) is 0. The fourth-order valence-electron chi connectivity index (χ4n) is 2.36. The first kappa shape index (κ1) is 14.2. The number of aromatic nitrogens is 1. The van der Waals surface area contributed by atoms with Gasteiger partial charge in [-0.25, -0.2) is 4.98 Å². The summed E-state index contributed by atoms with van der Waals surface area (Å²) < 4.78 is 0. The van der Waals surface area contributed by atoms with Gasteiger partial charge in [-0.3, -0.25) is 0 Å². The number of thiazole rings is 1. The van der Waals surface area contributed by atoms with Crippen LogP contribution in [0.1, 0.15) is 46.1 Å². The third-order valence-electron chi connectivity index (χ3n) is 3.30. The maximum Gasteiger partial charge on any atom is 0.0900 e. The van der Waals surface area contributed by atoms with Crippen LogP contribution in [-0.4, -0.2) is 11.5 Å². The first-order chi connectivity index (χ1) is 9.13. The molecule has 1 N–H and O–H groups in total. The quantitative estimate of drug-likeness (QED) is 0.885. The molecule has 0 aliphatic heterocycles. The van der Waals surface area contributed by atoms with Crippen molar-refractivity contribution in [2.75, 3.05) is 6.54 Å². The summed E-state index contributed by atoms with van der Waals surface area (Å²) in [6.45, 7) is 9.59. The van der Waals surface area contributed by atoms with E-state index in [4.69, 9.17) is 0 Å². The van der Waals surface area contributed by atoms with Gasteiger partial charge in [0.15, 0.2) is 0 Å². The van der Waals surface area contributed by atoms with Gasteiger partial charge in [0.05, 0.1) is 16.7 Å². The minimum atomic E-state index is 0.271. The van der Waals surface area contributed by atoms with Gasteiger partial charge in [-0.2, -0.15) is 0 Å². The normalized spacial score (nSPS) is 12.6. The predicted octanol–water partition coefficient (Wildman–Crippen LogP) is 4.16. The molecule has 2 aromatic rings. The summed E-state index contributed by atoms with van der Waals surface area (Å²) in [5.41, 5.74) is 3.85. The zero-order valence-electron chi connectivity index (χ0n) is 12.2. The van der Waals surface area contributed by atoms with Crippen LogP contribution in [0.15, 0.2) is 24.3 Å². The SMILES string of the molecule is CCCNC(c1ccccc1C)c1sc(C)nc1C. The number of rotatable bonds is 5. The molecule has 2 rings (SSSR count). The Morgan fingerprint density at radius 2 is 1.95 bits per heavy atom. The highest BCUT2D eigenvalue weighted by Gasteiger charge is 2.20. The van der Waals surface area contributed by atoms with Crippen molar-refractivity contribution in [1.82, 2.24) is 10.3 Å². The molecule has 2 nitrogen and oxygen atoms in total. The van der Waals surface area contributed by atoms with Crippen molar-refractivity contribution in [3.8, 4) is 0 Å². The first-order valence-corrected chi connectivity index (χ1v) is 7.68. The molecule has 1 heterocycles. The molecular weight excluding hydrogens is 252 g/mol. The molecule has 0 amide bonds. The van der Waals surface area contributed by atoms with E-state index >= 15 is 0 Å². The number of nitrogens with one attached hydrogen (secondary N) is 1. The third-order valence-corrected chi connectivity index (χ3v) is 4.44. The lowest BCUT2D eigenvalue weighted by Crippen LogP contribution is -2.23. The number of aryl methyl sites for hydroxylation is 3. The van der Waals surface area contributed by atoms with E-state index in [1.807, 2.05) is 0 Å². The molecule has 1 atom stereocenters. The molecule has 3 heteroatoms. The van der Waals surface area contributed by atoms with Gasteiger partial charge in [0, 0.05) is 4.88 Å². The number of benzene rings is 1. The molecule has 1 aromatic heterocycles. The molecule has 0 aliphatic rings. The molecule has 0 fully saturated rings. The molecule has 0 spiro atoms. The van der Waals surface area contributed by atoms with Gasteiger partial charge in [-0.15, -0.1) is 11.3 Å². The lowest BCUT2D eigenvalue weighted by atomic mass is 9.99. The Morgan fingerprint density at radius 3 is 2.53 bits per heavy atom. The molecule has 0 radical (unpaired) electrons. The first-order valence-electron chi connectivity index (χ1n) is 6.86. The number of nitrogens with zero attached hydrogens (tertiary/aromatic N) is 1. The summed E-state index contributed by atoms with van der Waals surface area (Å²) >= 11 is 1.80. The second-order valence-electron chi connectivity index (χ2n) is 4.93. The van der Waals surface area contributed by atoms with Crippen LogP contribution in [0.25, 0.3) is 0 Å². The molecular formula is C16H22N2S. The Balaban J connectivity index is 2.41. The fourth-order valence-corrected chi connectivity index (χ4v) is 3.38. The Labute approximate surface area is 119 Å². The van der Waals surface area contributed by atoms with Gasteiger partial charge >= 0.3 is 0 Å². The zero-order valence-corrected chi connectivity index (χ0v) is 13.0. The second kappa shape index (κ2) is 6.31. The lowest BCUT2D eigenvalue weighted by Gasteiger charge is -2.20. The van der Waals surface area contributed by atoms with Gasteiger partial charge < -0.3 is 5.32 Å². The average molecular weight is 274 g/mol. The highest BCUT2D eigenvalue weighted by molar-refractivity contribution is 7.11. The molecule has 0 bridgehead atoms. The second-order valence-corrected chi connectivity index (χ2v) is 6.16. The van der Waals surface area contributed by atoms with E-state index in [0.29, 0.717) is 0 Å². The van der Waals surface area contributed by atoms with Crippen molar-refractivity contribution in [2.24, 2.45) is 0 Å². The van der Waals surface area contributed by atoms with Crippen molar-refractivity contribution in [1.29, 1.82) is 0 Å². The van der Waals surface area contributed by atoms with Crippen LogP contribution in [-0.2, 0) is 0 Å². The summed E-state index contributed by atoms with van der Waals surface area (Å²) in [7, 11) is 0. The minimum Gasteiger partial charge on any atom is -0.306 e. The van der Waals surface area contributed by atoms with Gasteiger partial charge in [0.1, 0.15) is 0 Å². The summed E-state index contributed by atoms with van der Waals surface area (Å²) in [4.78, 5) is 5.92. The molecule has 0 saturated carbocycles. The third kappa shape index (κ3) is 3.23. The van der Waals surface area contributed by atoms with Gasteiger partial charge in [0.25, 0.3) is 0 Å². The van der Waals surface area contributed by atoms with Gasteiger partial charge in [0.2, 0.25) is 0 Å². The van der Waals surface area contributed by atoms with Crippen LogP contribution >= 0.6 is 11.3 Å². The lowest BCUT2D eigenvalue weighted by molar-refractivity contribution is 0.600. The maximum atomic E-state index is 4.57. The number of hydrogen-bond donors (Lipinski definition) is 1. The van der Waals surface area contributed by atoms with E-state index in [9.17, 15) is 0 Å². The number of hydrogen-bond acceptors (Lipinski definition) is 3. The smallest absolute Gasteiger partial charge is 0.0900 e. The maximum absolute atomic E-state index is 4.57. The highest BCUT2D eigenvalue weighted by atomic mass is 32.1. The molecule has 1 aromatic carbocycles. The molecule has 1 unspecified atom stereocenters. The van der Waals surface area contributed by atoms with Gasteiger partial charge in [-0.05, 0) is 44.9 Å². The zero-order chi connectivity index (χ0) is 13.8. The molecule has 102 valence electrons. The monoisotopic (exact) mass is 274 g/mol. The molecule has 0 aliphatic carbocycles. The standard InChI is InChI=1S/C16H22N2S/c1-5-10-17-15(14-9-7-6-8-11(14)2)16-12(3)18-13(4)19-16/h6-9,15,17H,5,10H2,1-4H3. The van der Waals surface area contributed by atoms with E-state index < -0.39 is 0 Å². The van der Waals surface area contributed by atoms with E-state index in [1.165, 1.54) is 16.0 Å². The fraction of sp³-hybridized carbons (Fsp3) is 0.438. The van der Waals surface area contributed by atoms with Crippen molar-refractivity contribution in [2.45, 2.75) is 40.2 Å². The summed E-state index contributed by atoms with van der Waals surface area (Å²) in [6, 6.07) is 8.88. The Morgan fingerprint density at radius 1 is 1.21 bits per heavy atom. The van der Waals surface area contributed by atoms with E-state index in [1.54, 1.807) is 11.3 Å². The van der Waals surface area contributed by atoms with Gasteiger partial charge in [-0.1, -0.05) is 31.2 Å². The van der Waals surface area contributed by atoms with Crippen molar-refractivity contribution in [3.05, 3.63) is 51.0 Å². The Bertz CT molecular complexity index is 545. The molecule has 19 heavy (non-hydrogen) atoms. The van der Waals surface area contributed by atoms with Crippen LogP contribution in [0.5, 0.6) is 0 Å². The van der Waals surface area contributed by atoms with Crippen LogP contribution in [0, 0.1) is 20.8 Å². The van der Waals surface area contributed by atoms with Crippen LogP contribution in [0.3, 0.4) is 0 Å². The largest absolute Gasteiger partial charge is 0.306 e. The Hall–Kier alpha value is -1.19. The van der Waals surface area contributed by atoms with Crippen molar-refractivity contribution in [3.63, 3.8) is 0 Å². The minimum absolute atomic E-state index is 0.271. The highest BCUT2D eigenvalue weighted by Crippen LogP contribution is 2.31.